The summed E-state index contributed by atoms with van der Waals surface area (Å²) in [6.07, 6.45) is 4.32. The lowest BCUT2D eigenvalue weighted by atomic mass is 9.94. The number of hydrogen-bond donors (Lipinski definition) is 0. The number of benzene rings is 2. The van der Waals surface area contributed by atoms with E-state index in [1.54, 1.807) is 0 Å². The molecule has 0 atom stereocenters. The summed E-state index contributed by atoms with van der Waals surface area (Å²) < 4.78 is 0. The molecule has 2 aromatic carbocycles. The van der Waals surface area contributed by atoms with Gasteiger partial charge in [0.15, 0.2) is 0 Å². The maximum Gasteiger partial charge on any atom is 0.233 e. The van der Waals surface area contributed by atoms with Crippen molar-refractivity contribution in [1.82, 2.24) is 4.90 Å². The standard InChI is InChI=1S/C22H25ClN2O/c1-24(16-17-7-2-3-10-20(17)25-13-4-5-14-25)21(26)22(11-12-22)18-8-6-9-19(23)15-18/h2-3,6-10,15H,4-5,11-14,16H2,1H3. The summed E-state index contributed by atoms with van der Waals surface area (Å²) in [5.74, 6) is 0.205. The highest BCUT2D eigenvalue weighted by Gasteiger charge is 2.52. The SMILES string of the molecule is CN(Cc1ccccc1N1CCCC1)C(=O)C1(c2cccc(Cl)c2)CC1. The number of carbonyl (C=O) groups excluding carboxylic acids is 1. The molecule has 0 spiro atoms. The predicted octanol–water partition coefficient (Wildman–Crippen LogP) is 4.63. The molecule has 1 saturated heterocycles. The minimum atomic E-state index is -0.373. The third-order valence-electron chi connectivity index (χ3n) is 5.73. The van der Waals surface area contributed by atoms with Crippen LogP contribution in [-0.4, -0.2) is 30.9 Å². The van der Waals surface area contributed by atoms with E-state index >= 15 is 0 Å². The molecular weight excluding hydrogens is 344 g/mol. The molecule has 0 bridgehead atoms. The van der Waals surface area contributed by atoms with Gasteiger partial charge in [-0.25, -0.2) is 0 Å². The topological polar surface area (TPSA) is 23.6 Å². The molecule has 0 aromatic heterocycles. The lowest BCUT2D eigenvalue weighted by Gasteiger charge is -2.27. The van der Waals surface area contributed by atoms with Crippen LogP contribution in [0.2, 0.25) is 5.02 Å². The molecule has 1 aliphatic carbocycles. The molecule has 2 aromatic rings. The van der Waals surface area contributed by atoms with Crippen molar-refractivity contribution in [2.24, 2.45) is 0 Å². The maximum absolute atomic E-state index is 13.2. The van der Waals surface area contributed by atoms with Crippen molar-refractivity contribution in [2.45, 2.75) is 37.6 Å². The Morgan fingerprint density at radius 2 is 1.85 bits per heavy atom. The van der Waals surface area contributed by atoms with Gasteiger partial charge in [-0.2, -0.15) is 0 Å². The Balaban J connectivity index is 1.54. The van der Waals surface area contributed by atoms with Crippen molar-refractivity contribution in [3.05, 3.63) is 64.7 Å². The maximum atomic E-state index is 13.2. The minimum absolute atomic E-state index is 0.205. The molecule has 0 radical (unpaired) electrons. The summed E-state index contributed by atoms with van der Waals surface area (Å²) >= 11 is 6.16. The van der Waals surface area contributed by atoms with Gasteiger partial charge in [-0.05, 0) is 55.0 Å². The van der Waals surface area contributed by atoms with Crippen LogP contribution in [0.3, 0.4) is 0 Å². The fraction of sp³-hybridized carbons (Fsp3) is 0.409. The summed E-state index contributed by atoms with van der Waals surface area (Å²) in [7, 11) is 1.92. The van der Waals surface area contributed by atoms with E-state index in [0.29, 0.717) is 11.6 Å². The molecule has 0 unspecified atom stereocenters. The van der Waals surface area contributed by atoms with Gasteiger partial charge in [0, 0.05) is 37.4 Å². The molecule has 2 fully saturated rings. The van der Waals surface area contributed by atoms with Crippen molar-refractivity contribution >= 4 is 23.2 Å². The molecule has 1 aliphatic heterocycles. The monoisotopic (exact) mass is 368 g/mol. The van der Waals surface area contributed by atoms with Crippen molar-refractivity contribution in [3.8, 4) is 0 Å². The highest BCUT2D eigenvalue weighted by Crippen LogP contribution is 2.50. The van der Waals surface area contributed by atoms with Crippen molar-refractivity contribution in [3.63, 3.8) is 0 Å². The zero-order valence-electron chi connectivity index (χ0n) is 15.2. The number of carbonyl (C=O) groups is 1. The first-order valence-electron chi connectivity index (χ1n) is 9.45. The van der Waals surface area contributed by atoms with E-state index in [4.69, 9.17) is 11.6 Å². The summed E-state index contributed by atoms with van der Waals surface area (Å²) in [4.78, 5) is 17.6. The van der Waals surface area contributed by atoms with Crippen molar-refractivity contribution < 1.29 is 4.79 Å². The van der Waals surface area contributed by atoms with Gasteiger partial charge >= 0.3 is 0 Å². The van der Waals surface area contributed by atoms with Gasteiger partial charge in [0.25, 0.3) is 0 Å². The molecule has 1 amide bonds. The normalized spacial score (nSPS) is 18.0. The Morgan fingerprint density at radius 1 is 1.12 bits per heavy atom. The summed E-state index contributed by atoms with van der Waals surface area (Å²) in [5.41, 5.74) is 3.18. The highest BCUT2D eigenvalue weighted by atomic mass is 35.5. The van der Waals surface area contributed by atoms with E-state index in [9.17, 15) is 4.79 Å². The fourth-order valence-electron chi connectivity index (χ4n) is 4.14. The second kappa shape index (κ2) is 6.96. The number of rotatable bonds is 5. The number of likely N-dealkylation sites (N-methyl/N-ethyl adjacent to an activating group) is 1. The third kappa shape index (κ3) is 3.21. The molecule has 4 rings (SSSR count). The largest absolute Gasteiger partial charge is 0.371 e. The third-order valence-corrected chi connectivity index (χ3v) is 5.96. The molecule has 26 heavy (non-hydrogen) atoms. The molecule has 136 valence electrons. The summed E-state index contributed by atoms with van der Waals surface area (Å²) in [6.45, 7) is 2.87. The van der Waals surface area contributed by atoms with Gasteiger partial charge in [-0.1, -0.05) is 41.9 Å². The van der Waals surface area contributed by atoms with E-state index in [2.05, 4.69) is 29.2 Å². The molecule has 1 saturated carbocycles. The van der Waals surface area contributed by atoms with Crippen molar-refractivity contribution in [1.29, 1.82) is 0 Å². The van der Waals surface area contributed by atoms with Gasteiger partial charge in [0.05, 0.1) is 5.41 Å². The average molecular weight is 369 g/mol. The van der Waals surface area contributed by atoms with E-state index in [1.165, 1.54) is 24.1 Å². The Labute approximate surface area is 160 Å². The first-order chi connectivity index (χ1) is 12.6. The first kappa shape index (κ1) is 17.4. The van der Waals surface area contributed by atoms with Gasteiger partial charge in [0.2, 0.25) is 5.91 Å². The van der Waals surface area contributed by atoms with Gasteiger partial charge < -0.3 is 9.80 Å². The quantitative estimate of drug-likeness (QED) is 0.768. The Morgan fingerprint density at radius 3 is 2.54 bits per heavy atom. The van der Waals surface area contributed by atoms with Crippen LogP contribution in [0.25, 0.3) is 0 Å². The number of anilines is 1. The molecule has 1 heterocycles. The van der Waals surface area contributed by atoms with Crippen LogP contribution in [0.5, 0.6) is 0 Å². The fourth-order valence-corrected chi connectivity index (χ4v) is 4.33. The van der Waals surface area contributed by atoms with Crippen molar-refractivity contribution in [2.75, 3.05) is 25.0 Å². The Kier molecular flexibility index (Phi) is 4.66. The number of para-hydroxylation sites is 1. The molecule has 2 aliphatic rings. The second-order valence-corrected chi connectivity index (χ2v) is 8.01. The molecule has 3 nitrogen and oxygen atoms in total. The van der Waals surface area contributed by atoms with Crippen LogP contribution in [0.15, 0.2) is 48.5 Å². The van der Waals surface area contributed by atoms with Gasteiger partial charge in [0.1, 0.15) is 0 Å². The number of halogens is 1. The molecule has 4 heteroatoms. The van der Waals surface area contributed by atoms with Crippen LogP contribution in [0, 0.1) is 0 Å². The van der Waals surface area contributed by atoms with Gasteiger partial charge in [-0.15, -0.1) is 0 Å². The smallest absolute Gasteiger partial charge is 0.233 e. The zero-order chi connectivity index (χ0) is 18.1. The van der Waals surface area contributed by atoms with Crippen LogP contribution in [0.1, 0.15) is 36.8 Å². The van der Waals surface area contributed by atoms with Crippen LogP contribution >= 0.6 is 11.6 Å². The predicted molar refractivity (Wildman–Crippen MR) is 107 cm³/mol. The first-order valence-corrected chi connectivity index (χ1v) is 9.82. The second-order valence-electron chi connectivity index (χ2n) is 7.58. The molecular formula is C22H25ClN2O. The van der Waals surface area contributed by atoms with Gasteiger partial charge in [-0.3, -0.25) is 4.79 Å². The number of amides is 1. The van der Waals surface area contributed by atoms with Crippen LogP contribution in [0.4, 0.5) is 5.69 Å². The summed E-state index contributed by atoms with van der Waals surface area (Å²) in [6, 6.07) is 16.3. The molecule has 0 N–H and O–H groups in total. The highest BCUT2D eigenvalue weighted by molar-refractivity contribution is 6.30. The number of nitrogens with zero attached hydrogens (tertiary/aromatic N) is 2. The van der Waals surface area contributed by atoms with E-state index in [-0.39, 0.29) is 11.3 Å². The zero-order valence-corrected chi connectivity index (χ0v) is 16.0. The van der Waals surface area contributed by atoms with E-state index in [1.807, 2.05) is 36.2 Å². The lowest BCUT2D eigenvalue weighted by molar-refractivity contribution is -0.133. The van der Waals surface area contributed by atoms with E-state index < -0.39 is 0 Å². The van der Waals surface area contributed by atoms with Crippen LogP contribution < -0.4 is 4.90 Å². The Bertz CT molecular complexity index is 809. The number of hydrogen-bond acceptors (Lipinski definition) is 2. The average Bonchev–Trinajstić information content (AvgIpc) is 3.28. The lowest BCUT2D eigenvalue weighted by Crippen LogP contribution is -2.36. The van der Waals surface area contributed by atoms with Crippen LogP contribution in [-0.2, 0) is 16.8 Å². The minimum Gasteiger partial charge on any atom is -0.371 e. The van der Waals surface area contributed by atoms with E-state index in [0.717, 1.165) is 31.5 Å². The summed E-state index contributed by atoms with van der Waals surface area (Å²) in [5, 5.41) is 0.698. The Hall–Kier alpha value is -2.00.